The van der Waals surface area contributed by atoms with Gasteiger partial charge in [-0.25, -0.2) is 0 Å². The Hall–Kier alpha value is -2.16. The van der Waals surface area contributed by atoms with Gasteiger partial charge in [0.05, 0.1) is 45.2 Å². The number of unbranched alkanes of at least 4 members (excludes halogenated alkanes) is 23. The van der Waals surface area contributed by atoms with Crippen LogP contribution in [0.25, 0.3) is 0 Å². The maximum Gasteiger partial charge on any atom is 0.220 e. The maximum atomic E-state index is 13.4. The highest BCUT2D eigenvalue weighted by Gasteiger charge is 2.56. The van der Waals surface area contributed by atoms with Gasteiger partial charge in [0.25, 0.3) is 0 Å². The fourth-order valence-corrected chi connectivity index (χ4v) is 11.4. The molecule has 2 amide bonds. The van der Waals surface area contributed by atoms with E-state index in [9.17, 15) is 76.0 Å². The lowest BCUT2D eigenvalue weighted by Crippen LogP contribution is -2.70. The Morgan fingerprint density at radius 2 is 0.871 bits per heavy atom. The van der Waals surface area contributed by atoms with Crippen LogP contribution in [-0.2, 0) is 47.5 Å². The molecule has 4 fully saturated rings. The predicted molar refractivity (Wildman–Crippen MR) is 308 cm³/mol. The fraction of sp³-hybridized carbons (Fsp3) is 0.933. The molecule has 0 aromatic rings. The lowest BCUT2D eigenvalue weighted by atomic mass is 9.94. The Labute approximate surface area is 502 Å². The van der Waals surface area contributed by atoms with Gasteiger partial charge in [0, 0.05) is 13.3 Å². The summed E-state index contributed by atoms with van der Waals surface area (Å²) in [6.07, 6.45) is -3.17. The molecular weight excluding hydrogens is 1120 g/mol. The van der Waals surface area contributed by atoms with E-state index in [1.807, 2.05) is 6.08 Å². The van der Waals surface area contributed by atoms with Crippen LogP contribution in [0, 0.1) is 0 Å². The van der Waals surface area contributed by atoms with Gasteiger partial charge >= 0.3 is 0 Å². The minimum absolute atomic E-state index is 0.210. The molecule has 0 aromatic heterocycles. The number of nitrogens with one attached hydrogen (secondary N) is 2. The van der Waals surface area contributed by atoms with Gasteiger partial charge in [-0.1, -0.05) is 167 Å². The molecule has 25 heteroatoms. The van der Waals surface area contributed by atoms with E-state index in [-0.39, 0.29) is 12.3 Å². The van der Waals surface area contributed by atoms with Crippen molar-refractivity contribution in [1.82, 2.24) is 10.6 Å². The van der Waals surface area contributed by atoms with Gasteiger partial charge in [0.1, 0.15) is 97.6 Å². The quantitative estimate of drug-likeness (QED) is 0.0299. The number of rotatable bonds is 43. The van der Waals surface area contributed by atoms with E-state index < -0.39 is 174 Å². The van der Waals surface area contributed by atoms with Crippen LogP contribution >= 0.6 is 0 Å². The number of aliphatic hydroxyl groups is 13. The zero-order valence-corrected chi connectivity index (χ0v) is 50.7. The average molecular weight is 1230 g/mol. The Balaban J connectivity index is 1.40. The molecule has 0 aliphatic carbocycles. The Morgan fingerprint density at radius 1 is 0.459 bits per heavy atom. The van der Waals surface area contributed by atoms with Crippen LogP contribution in [0.2, 0.25) is 0 Å². The molecule has 4 saturated heterocycles. The van der Waals surface area contributed by atoms with Crippen molar-refractivity contribution in [3.63, 3.8) is 0 Å². The van der Waals surface area contributed by atoms with Gasteiger partial charge in [-0.2, -0.15) is 0 Å². The number of carbonyl (C=O) groups is 2. The van der Waals surface area contributed by atoms with Gasteiger partial charge in [-0.05, 0) is 19.3 Å². The molecule has 4 heterocycles. The second-order valence-electron chi connectivity index (χ2n) is 23.6. The van der Waals surface area contributed by atoms with E-state index in [4.69, 9.17) is 37.9 Å². The summed E-state index contributed by atoms with van der Waals surface area (Å²) in [7, 11) is 0. The van der Waals surface area contributed by atoms with Gasteiger partial charge in [-0.3, -0.25) is 9.59 Å². The van der Waals surface area contributed by atoms with Crippen molar-refractivity contribution in [3.05, 3.63) is 12.2 Å². The number of amides is 2. The van der Waals surface area contributed by atoms with E-state index in [0.717, 1.165) is 51.9 Å². The van der Waals surface area contributed by atoms with Crippen molar-refractivity contribution in [2.24, 2.45) is 0 Å². The number of hydrogen-bond acceptors (Lipinski definition) is 23. The number of hydrogen-bond donors (Lipinski definition) is 15. The van der Waals surface area contributed by atoms with Gasteiger partial charge in [-0.15, -0.1) is 0 Å². The van der Waals surface area contributed by atoms with Crippen molar-refractivity contribution in [2.45, 2.75) is 323 Å². The van der Waals surface area contributed by atoms with E-state index in [1.54, 1.807) is 6.08 Å². The lowest BCUT2D eigenvalue weighted by Gasteiger charge is -2.50. The standard InChI is InChI=1S/C60H110N2O23/c1-4-6-8-10-12-14-16-18-20-22-24-26-28-30-39(68)38(62-44(69)31-29-27-25-23-21-19-17-15-13-11-9-7-5-2)36-78-58-52(76)50(74)54(43(35-66)82-58)83-60-53(77)56(48(72)42(34-65)81-60)85-57-45(61-37(3)67)55(47(71)41(33-64)79-57)84-59-51(75)49(73)46(70)40(32-63)80-59/h28,30,38-43,45-60,63-66,68,70-77H,4-27,29,31-36H2,1-3H3,(H,61,67)(H,62,69)/b30-28+/t38-,39+,40?,41?,42+,43?,45?,46-,47+,48-,49-,50+,51+,52+,53?,54+,55+,56?,57-,58+,59-,60-/m0/s1. The third-order valence-electron chi connectivity index (χ3n) is 16.6. The van der Waals surface area contributed by atoms with Crippen LogP contribution < -0.4 is 10.6 Å². The highest BCUT2D eigenvalue weighted by atomic mass is 16.8. The summed E-state index contributed by atoms with van der Waals surface area (Å²) in [4.78, 5) is 26.0. The summed E-state index contributed by atoms with van der Waals surface area (Å²) in [5.41, 5.74) is 0. The summed E-state index contributed by atoms with van der Waals surface area (Å²) in [5, 5.41) is 147. The SMILES string of the molecule is CCCCCCCCCCCCC/C=C/[C@@H](O)[C@H](CO[C@@H]1OC(CO)[C@@H](O[C@@H]2O[C@H](CO)[C@H](O)C(O[C@@H]3OC(CO)[C@@H](O)[C@H](O[C@@H]4OC(CO)[C@H](O)[C@H](O)[C@H]4O)C3NC(C)=O)C2O)[C@H](O)[C@H]1O)NC(=O)CCCCCCCCCCCCCCC. The molecule has 4 rings (SSSR count). The van der Waals surface area contributed by atoms with Crippen molar-refractivity contribution in [1.29, 1.82) is 0 Å². The summed E-state index contributed by atoms with van der Waals surface area (Å²) >= 11 is 0. The third kappa shape index (κ3) is 24.9. The largest absolute Gasteiger partial charge is 0.394 e. The third-order valence-corrected chi connectivity index (χ3v) is 16.6. The van der Waals surface area contributed by atoms with Crippen molar-refractivity contribution >= 4 is 11.8 Å². The fourth-order valence-electron chi connectivity index (χ4n) is 11.4. The first-order chi connectivity index (χ1) is 41.0. The first-order valence-corrected chi connectivity index (χ1v) is 31.9. The molecule has 4 aliphatic rings. The van der Waals surface area contributed by atoms with Crippen molar-refractivity contribution < 1.29 is 114 Å². The van der Waals surface area contributed by atoms with Crippen molar-refractivity contribution in [2.75, 3.05) is 33.0 Å². The summed E-state index contributed by atoms with van der Waals surface area (Å²) < 4.78 is 46.7. The van der Waals surface area contributed by atoms with Gasteiger partial charge in [0.2, 0.25) is 11.8 Å². The van der Waals surface area contributed by atoms with E-state index in [1.165, 1.54) is 103 Å². The van der Waals surface area contributed by atoms with Crippen LogP contribution in [0.4, 0.5) is 0 Å². The summed E-state index contributed by atoms with van der Waals surface area (Å²) in [6, 6.07) is -2.67. The Morgan fingerprint density at radius 3 is 1.38 bits per heavy atom. The zero-order valence-electron chi connectivity index (χ0n) is 50.7. The molecule has 0 aromatic carbocycles. The highest BCUT2D eigenvalue weighted by molar-refractivity contribution is 5.76. The first kappa shape index (κ1) is 75.3. The van der Waals surface area contributed by atoms with E-state index in [0.29, 0.717) is 12.8 Å². The topological polar surface area (TPSA) is 395 Å². The molecule has 6 unspecified atom stereocenters. The molecule has 498 valence electrons. The minimum atomic E-state index is -2.10. The number of carbonyl (C=O) groups excluding carboxylic acids is 2. The maximum absolute atomic E-state index is 13.4. The molecule has 85 heavy (non-hydrogen) atoms. The van der Waals surface area contributed by atoms with E-state index >= 15 is 0 Å². The number of ether oxygens (including phenoxy) is 8. The average Bonchev–Trinajstić information content (AvgIpc) is 2.96. The van der Waals surface area contributed by atoms with Gasteiger partial charge < -0.3 is 115 Å². The number of allylic oxidation sites excluding steroid dienone is 1. The molecular formula is C60H110N2O23. The van der Waals surface area contributed by atoms with E-state index in [2.05, 4.69) is 24.5 Å². The van der Waals surface area contributed by atoms with Crippen LogP contribution in [-0.4, -0.2) is 246 Å². The molecule has 0 saturated carbocycles. The molecule has 0 spiro atoms. The van der Waals surface area contributed by atoms with Crippen LogP contribution in [0.5, 0.6) is 0 Å². The molecule has 0 bridgehead atoms. The second-order valence-corrected chi connectivity index (χ2v) is 23.6. The van der Waals surface area contributed by atoms with Gasteiger partial charge in [0.15, 0.2) is 25.2 Å². The lowest BCUT2D eigenvalue weighted by molar-refractivity contribution is -0.381. The molecule has 4 aliphatic heterocycles. The highest BCUT2D eigenvalue weighted by Crippen LogP contribution is 2.35. The summed E-state index contributed by atoms with van der Waals surface area (Å²) in [5.74, 6) is -1.09. The molecule has 15 N–H and O–H groups in total. The minimum Gasteiger partial charge on any atom is -0.394 e. The number of aliphatic hydroxyl groups excluding tert-OH is 13. The predicted octanol–water partition coefficient (Wildman–Crippen LogP) is 1.00. The monoisotopic (exact) mass is 1230 g/mol. The Bertz CT molecular complexity index is 1790. The Kier molecular flexibility index (Phi) is 37.2. The molecule has 25 nitrogen and oxygen atoms in total. The molecule has 0 radical (unpaired) electrons. The zero-order chi connectivity index (χ0) is 62.3. The van der Waals surface area contributed by atoms with Crippen LogP contribution in [0.3, 0.4) is 0 Å². The normalized spacial score (nSPS) is 34.4. The molecule has 22 atom stereocenters. The first-order valence-electron chi connectivity index (χ1n) is 31.9. The second kappa shape index (κ2) is 42.0. The van der Waals surface area contributed by atoms with Crippen LogP contribution in [0.1, 0.15) is 188 Å². The van der Waals surface area contributed by atoms with Crippen molar-refractivity contribution in [3.8, 4) is 0 Å². The van der Waals surface area contributed by atoms with Crippen LogP contribution in [0.15, 0.2) is 12.2 Å². The summed E-state index contributed by atoms with van der Waals surface area (Å²) in [6.45, 7) is 1.53. The smallest absolute Gasteiger partial charge is 0.220 e.